The monoisotopic (exact) mass is 406 g/mol. The fraction of sp³-hybridized carbons (Fsp3) is 0. The van der Waals surface area contributed by atoms with Crippen molar-refractivity contribution < 1.29 is 9.90 Å². The summed E-state index contributed by atoms with van der Waals surface area (Å²) < 4.78 is 0. The first kappa shape index (κ1) is 18.2. The van der Waals surface area contributed by atoms with Crippen LogP contribution in [0.5, 0.6) is 5.75 Å². The largest absolute Gasteiger partial charge is 0.506 e. The zero-order valence-electron chi connectivity index (χ0n) is 14.6. The van der Waals surface area contributed by atoms with Crippen LogP contribution >= 0.6 is 22.9 Å². The molecule has 4 nitrogen and oxygen atoms in total. The molecule has 0 aliphatic rings. The normalized spacial score (nSPS) is 10.6. The fourth-order valence-electron chi connectivity index (χ4n) is 2.77. The Labute approximate surface area is 171 Å². The number of phenols is 1. The highest BCUT2D eigenvalue weighted by Crippen LogP contribution is 2.39. The van der Waals surface area contributed by atoms with Crippen LogP contribution in [0, 0.1) is 0 Å². The zero-order valence-corrected chi connectivity index (χ0v) is 16.2. The van der Waals surface area contributed by atoms with E-state index in [9.17, 15) is 9.90 Å². The van der Waals surface area contributed by atoms with E-state index in [1.807, 2.05) is 60.7 Å². The lowest BCUT2D eigenvalue weighted by Crippen LogP contribution is -2.11. The van der Waals surface area contributed by atoms with Gasteiger partial charge in [-0.3, -0.25) is 10.1 Å². The van der Waals surface area contributed by atoms with Crippen molar-refractivity contribution in [1.29, 1.82) is 0 Å². The number of anilines is 1. The van der Waals surface area contributed by atoms with E-state index < -0.39 is 0 Å². The Kier molecular flexibility index (Phi) is 5.10. The second-order valence-electron chi connectivity index (χ2n) is 6.05. The molecule has 0 atom stereocenters. The van der Waals surface area contributed by atoms with Crippen LogP contribution in [0.2, 0.25) is 5.02 Å². The minimum Gasteiger partial charge on any atom is -0.506 e. The second-order valence-corrected chi connectivity index (χ2v) is 7.46. The summed E-state index contributed by atoms with van der Waals surface area (Å²) in [6, 6.07) is 24.1. The van der Waals surface area contributed by atoms with Gasteiger partial charge in [-0.25, -0.2) is 4.98 Å². The van der Waals surface area contributed by atoms with Gasteiger partial charge in [0.1, 0.15) is 5.75 Å². The van der Waals surface area contributed by atoms with E-state index in [0.717, 1.165) is 21.7 Å². The topological polar surface area (TPSA) is 62.2 Å². The van der Waals surface area contributed by atoms with Crippen LogP contribution in [-0.2, 0) is 0 Å². The molecule has 1 heterocycles. The van der Waals surface area contributed by atoms with Crippen LogP contribution in [0.4, 0.5) is 5.13 Å². The van der Waals surface area contributed by atoms with Gasteiger partial charge in [0.05, 0.1) is 15.6 Å². The molecule has 28 heavy (non-hydrogen) atoms. The molecule has 6 heteroatoms. The first-order chi connectivity index (χ1) is 13.6. The minimum atomic E-state index is -0.338. The van der Waals surface area contributed by atoms with Crippen molar-refractivity contribution in [3.63, 3.8) is 0 Å². The predicted octanol–water partition coefficient (Wildman–Crippen LogP) is 6.09. The van der Waals surface area contributed by atoms with E-state index in [1.165, 1.54) is 29.5 Å². The maximum atomic E-state index is 12.6. The zero-order chi connectivity index (χ0) is 19.5. The van der Waals surface area contributed by atoms with E-state index in [-0.39, 0.29) is 16.7 Å². The highest BCUT2D eigenvalue weighted by atomic mass is 35.5. The molecule has 0 fully saturated rings. The molecule has 0 spiro atoms. The number of benzene rings is 3. The second kappa shape index (κ2) is 7.84. The first-order valence-electron chi connectivity index (χ1n) is 8.53. The predicted molar refractivity (Wildman–Crippen MR) is 114 cm³/mol. The average molecular weight is 407 g/mol. The molecule has 0 radical (unpaired) electrons. The number of hydrogen-bond donors (Lipinski definition) is 2. The minimum absolute atomic E-state index is 0.0646. The standard InChI is InChI=1S/C22H15ClN2O2S/c23-17-13-16(11-12-18(17)26)21(27)25-22-24-19(14-7-3-1-4-8-14)20(28-22)15-9-5-2-6-10-15/h1-13,26H,(H,24,25,27). The highest BCUT2D eigenvalue weighted by molar-refractivity contribution is 7.19. The van der Waals surface area contributed by atoms with Gasteiger partial charge in [-0.05, 0) is 23.8 Å². The quantitative estimate of drug-likeness (QED) is 0.431. The van der Waals surface area contributed by atoms with E-state index in [0.29, 0.717) is 10.7 Å². The number of halogens is 1. The molecule has 0 aliphatic carbocycles. The number of amides is 1. The number of hydrogen-bond acceptors (Lipinski definition) is 4. The van der Waals surface area contributed by atoms with Gasteiger partial charge in [-0.15, -0.1) is 0 Å². The molecule has 0 unspecified atom stereocenters. The van der Waals surface area contributed by atoms with Crippen LogP contribution in [0.3, 0.4) is 0 Å². The SMILES string of the molecule is O=C(Nc1nc(-c2ccccc2)c(-c2ccccc2)s1)c1ccc(O)c(Cl)c1. The molecule has 2 N–H and O–H groups in total. The average Bonchev–Trinajstić information content (AvgIpc) is 3.15. The third-order valence-electron chi connectivity index (χ3n) is 4.14. The Morgan fingerprint density at radius 3 is 2.21 bits per heavy atom. The Bertz CT molecular complexity index is 1070. The Balaban J connectivity index is 1.71. The maximum absolute atomic E-state index is 12.6. The number of rotatable bonds is 4. The van der Waals surface area contributed by atoms with Crippen molar-refractivity contribution in [3.05, 3.63) is 89.4 Å². The summed E-state index contributed by atoms with van der Waals surface area (Å²) in [5.41, 5.74) is 3.18. The van der Waals surface area contributed by atoms with Crippen LogP contribution in [0.1, 0.15) is 10.4 Å². The van der Waals surface area contributed by atoms with Gasteiger partial charge in [-0.1, -0.05) is 83.6 Å². The van der Waals surface area contributed by atoms with E-state index in [2.05, 4.69) is 10.3 Å². The number of thiazole rings is 1. The van der Waals surface area contributed by atoms with Crippen LogP contribution in [0.15, 0.2) is 78.9 Å². The first-order valence-corrected chi connectivity index (χ1v) is 9.73. The number of aromatic hydroxyl groups is 1. The summed E-state index contributed by atoms with van der Waals surface area (Å²) in [5, 5.41) is 13.0. The van der Waals surface area contributed by atoms with Gasteiger partial charge >= 0.3 is 0 Å². The third kappa shape index (κ3) is 3.76. The van der Waals surface area contributed by atoms with Crippen LogP contribution in [0.25, 0.3) is 21.7 Å². The number of phenolic OH excluding ortho intramolecular Hbond substituents is 1. The van der Waals surface area contributed by atoms with Crippen molar-refractivity contribution in [2.24, 2.45) is 0 Å². The van der Waals surface area contributed by atoms with Gasteiger partial charge in [0, 0.05) is 11.1 Å². The molecule has 4 aromatic rings. The molecule has 1 amide bonds. The highest BCUT2D eigenvalue weighted by Gasteiger charge is 2.17. The molecule has 138 valence electrons. The molecule has 3 aromatic carbocycles. The van der Waals surface area contributed by atoms with Gasteiger partial charge in [0.15, 0.2) is 5.13 Å². The van der Waals surface area contributed by atoms with Crippen molar-refractivity contribution in [3.8, 4) is 27.4 Å². The van der Waals surface area contributed by atoms with E-state index in [1.54, 1.807) is 0 Å². The number of aromatic nitrogens is 1. The summed E-state index contributed by atoms with van der Waals surface area (Å²) in [5.74, 6) is -0.403. The molecular weight excluding hydrogens is 392 g/mol. The van der Waals surface area contributed by atoms with Crippen LogP contribution in [-0.4, -0.2) is 16.0 Å². The summed E-state index contributed by atoms with van der Waals surface area (Å²) in [7, 11) is 0. The Hall–Kier alpha value is -3.15. The Morgan fingerprint density at radius 2 is 1.57 bits per heavy atom. The lowest BCUT2D eigenvalue weighted by atomic mass is 10.1. The number of carbonyl (C=O) groups excluding carboxylic acids is 1. The van der Waals surface area contributed by atoms with Gasteiger partial charge in [0.25, 0.3) is 5.91 Å². The van der Waals surface area contributed by atoms with Gasteiger partial charge < -0.3 is 5.11 Å². The summed E-state index contributed by atoms with van der Waals surface area (Å²) in [6.07, 6.45) is 0. The molecule has 0 saturated carbocycles. The fourth-order valence-corrected chi connectivity index (χ4v) is 3.94. The lowest BCUT2D eigenvalue weighted by Gasteiger charge is -2.03. The van der Waals surface area contributed by atoms with Crippen molar-refractivity contribution in [1.82, 2.24) is 4.98 Å². The van der Waals surface area contributed by atoms with Crippen molar-refractivity contribution >= 4 is 34.0 Å². The number of carbonyl (C=O) groups is 1. The number of nitrogens with one attached hydrogen (secondary N) is 1. The summed E-state index contributed by atoms with van der Waals surface area (Å²) in [4.78, 5) is 18.2. The van der Waals surface area contributed by atoms with Gasteiger partial charge in [-0.2, -0.15) is 0 Å². The lowest BCUT2D eigenvalue weighted by molar-refractivity contribution is 0.102. The molecular formula is C22H15ClN2O2S. The molecule has 0 bridgehead atoms. The molecule has 0 aliphatic heterocycles. The Morgan fingerprint density at radius 1 is 0.929 bits per heavy atom. The van der Waals surface area contributed by atoms with Gasteiger partial charge in [0.2, 0.25) is 0 Å². The number of nitrogens with zero attached hydrogens (tertiary/aromatic N) is 1. The van der Waals surface area contributed by atoms with Crippen LogP contribution < -0.4 is 5.32 Å². The van der Waals surface area contributed by atoms with E-state index >= 15 is 0 Å². The van der Waals surface area contributed by atoms with Crippen molar-refractivity contribution in [2.45, 2.75) is 0 Å². The molecule has 0 saturated heterocycles. The van der Waals surface area contributed by atoms with Crippen molar-refractivity contribution in [2.75, 3.05) is 5.32 Å². The third-order valence-corrected chi connectivity index (χ3v) is 5.46. The van der Waals surface area contributed by atoms with E-state index in [4.69, 9.17) is 11.6 Å². The maximum Gasteiger partial charge on any atom is 0.257 e. The molecule has 1 aromatic heterocycles. The smallest absolute Gasteiger partial charge is 0.257 e. The summed E-state index contributed by atoms with van der Waals surface area (Å²) >= 11 is 7.32. The molecule has 4 rings (SSSR count). The summed E-state index contributed by atoms with van der Waals surface area (Å²) in [6.45, 7) is 0.